The predicted molar refractivity (Wildman–Crippen MR) is 77.4 cm³/mol. The number of benzene rings is 1. The molecule has 0 fully saturated rings. The minimum atomic E-state index is -0.262. The van der Waals surface area contributed by atoms with Crippen molar-refractivity contribution in [3.63, 3.8) is 0 Å². The molecule has 6 nitrogen and oxygen atoms in total. The normalized spacial score (nSPS) is 10.9. The molecule has 1 heterocycles. The van der Waals surface area contributed by atoms with Crippen LogP contribution in [0.3, 0.4) is 0 Å². The summed E-state index contributed by atoms with van der Waals surface area (Å²) in [6.45, 7) is 4.79. The summed E-state index contributed by atoms with van der Waals surface area (Å²) in [6, 6.07) is 7.86. The molecular formula is C15H19N3O3. The second kappa shape index (κ2) is 6.99. The SMILES string of the molecule is CCOC(=O)CN(C)Cc1noc(-c2cccc(C)c2)n1. The Hall–Kier alpha value is -2.21. The molecule has 1 aromatic carbocycles. The van der Waals surface area contributed by atoms with Crippen LogP contribution in [0.25, 0.3) is 11.5 Å². The third-order valence-corrected chi connectivity index (χ3v) is 2.85. The summed E-state index contributed by atoms with van der Waals surface area (Å²) < 4.78 is 10.1. The molecule has 21 heavy (non-hydrogen) atoms. The van der Waals surface area contributed by atoms with Gasteiger partial charge in [-0.2, -0.15) is 4.98 Å². The van der Waals surface area contributed by atoms with Gasteiger partial charge in [0.25, 0.3) is 5.89 Å². The van der Waals surface area contributed by atoms with E-state index < -0.39 is 0 Å². The molecule has 0 aliphatic carbocycles. The third-order valence-electron chi connectivity index (χ3n) is 2.85. The Kier molecular flexibility index (Phi) is 5.05. The summed E-state index contributed by atoms with van der Waals surface area (Å²) >= 11 is 0. The van der Waals surface area contributed by atoms with Crippen LogP contribution in [0.2, 0.25) is 0 Å². The van der Waals surface area contributed by atoms with Gasteiger partial charge in [-0.05, 0) is 33.0 Å². The largest absolute Gasteiger partial charge is 0.465 e. The molecule has 0 spiro atoms. The fourth-order valence-electron chi connectivity index (χ4n) is 1.94. The summed E-state index contributed by atoms with van der Waals surface area (Å²) in [5.41, 5.74) is 2.02. The average molecular weight is 289 g/mol. The molecule has 0 saturated heterocycles. The smallest absolute Gasteiger partial charge is 0.320 e. The highest BCUT2D eigenvalue weighted by Gasteiger charge is 2.13. The molecule has 6 heteroatoms. The van der Waals surface area contributed by atoms with Gasteiger partial charge in [0.05, 0.1) is 19.7 Å². The van der Waals surface area contributed by atoms with Crippen LogP contribution in [0.5, 0.6) is 0 Å². The van der Waals surface area contributed by atoms with Crippen LogP contribution in [0.1, 0.15) is 18.3 Å². The van der Waals surface area contributed by atoms with Gasteiger partial charge in [0.15, 0.2) is 5.82 Å². The minimum absolute atomic E-state index is 0.197. The van der Waals surface area contributed by atoms with E-state index in [4.69, 9.17) is 9.26 Å². The first-order valence-electron chi connectivity index (χ1n) is 6.82. The van der Waals surface area contributed by atoms with Crippen LogP contribution in [0, 0.1) is 6.92 Å². The Bertz CT molecular complexity index is 610. The number of hydrogen-bond acceptors (Lipinski definition) is 6. The van der Waals surface area contributed by atoms with Gasteiger partial charge >= 0.3 is 5.97 Å². The van der Waals surface area contributed by atoms with Crippen molar-refractivity contribution >= 4 is 5.97 Å². The molecule has 0 aliphatic heterocycles. The Morgan fingerprint density at radius 2 is 2.24 bits per heavy atom. The maximum atomic E-state index is 11.4. The van der Waals surface area contributed by atoms with E-state index >= 15 is 0 Å². The van der Waals surface area contributed by atoms with Crippen molar-refractivity contribution in [1.82, 2.24) is 15.0 Å². The maximum absolute atomic E-state index is 11.4. The van der Waals surface area contributed by atoms with Crippen LogP contribution in [-0.2, 0) is 16.1 Å². The van der Waals surface area contributed by atoms with Crippen LogP contribution >= 0.6 is 0 Å². The van der Waals surface area contributed by atoms with Gasteiger partial charge in [-0.1, -0.05) is 22.9 Å². The van der Waals surface area contributed by atoms with E-state index in [1.807, 2.05) is 31.2 Å². The molecule has 2 rings (SSSR count). The standard InChI is InChI=1S/C15H19N3O3/c1-4-20-14(19)10-18(3)9-13-16-15(21-17-13)12-7-5-6-11(2)8-12/h5-8H,4,9-10H2,1-3H3. The van der Waals surface area contributed by atoms with Crippen molar-refractivity contribution in [2.24, 2.45) is 0 Å². The van der Waals surface area contributed by atoms with Crippen molar-refractivity contribution < 1.29 is 14.1 Å². The zero-order chi connectivity index (χ0) is 15.2. The summed E-state index contributed by atoms with van der Waals surface area (Å²) in [5.74, 6) is 0.763. The molecule has 0 aliphatic rings. The summed E-state index contributed by atoms with van der Waals surface area (Å²) in [7, 11) is 1.81. The third kappa shape index (κ3) is 4.39. The van der Waals surface area contributed by atoms with E-state index in [1.54, 1.807) is 18.9 Å². The van der Waals surface area contributed by atoms with Gasteiger partial charge in [-0.15, -0.1) is 0 Å². The Balaban J connectivity index is 1.98. The van der Waals surface area contributed by atoms with Gasteiger partial charge in [-0.3, -0.25) is 9.69 Å². The fourth-order valence-corrected chi connectivity index (χ4v) is 1.94. The number of aromatic nitrogens is 2. The first-order chi connectivity index (χ1) is 10.1. The maximum Gasteiger partial charge on any atom is 0.320 e. The average Bonchev–Trinajstić information content (AvgIpc) is 2.87. The number of hydrogen-bond donors (Lipinski definition) is 0. The molecule has 0 saturated carbocycles. The molecule has 0 unspecified atom stereocenters. The number of aryl methyl sites for hydroxylation is 1. The second-order valence-electron chi connectivity index (χ2n) is 4.86. The number of esters is 1. The molecule has 0 radical (unpaired) electrons. The quantitative estimate of drug-likeness (QED) is 0.758. The van der Waals surface area contributed by atoms with Gasteiger partial charge in [-0.25, -0.2) is 0 Å². The lowest BCUT2D eigenvalue weighted by atomic mass is 10.1. The highest BCUT2D eigenvalue weighted by atomic mass is 16.5. The van der Waals surface area contributed by atoms with Crippen molar-refractivity contribution in [1.29, 1.82) is 0 Å². The van der Waals surface area contributed by atoms with Gasteiger partial charge in [0, 0.05) is 5.56 Å². The van der Waals surface area contributed by atoms with E-state index in [9.17, 15) is 4.79 Å². The fraction of sp³-hybridized carbons (Fsp3) is 0.400. The molecule has 0 bridgehead atoms. The van der Waals surface area contributed by atoms with E-state index in [2.05, 4.69) is 10.1 Å². The number of carbonyl (C=O) groups is 1. The summed E-state index contributed by atoms with van der Waals surface area (Å²) in [4.78, 5) is 17.5. The first kappa shape index (κ1) is 15.2. The van der Waals surface area contributed by atoms with Gasteiger partial charge < -0.3 is 9.26 Å². The number of ether oxygens (including phenoxy) is 1. The lowest BCUT2D eigenvalue weighted by molar-refractivity contribution is -0.144. The monoisotopic (exact) mass is 289 g/mol. The van der Waals surface area contributed by atoms with E-state index in [0.717, 1.165) is 11.1 Å². The lowest BCUT2D eigenvalue weighted by Gasteiger charge is -2.12. The number of likely N-dealkylation sites (N-methyl/N-ethyl adjacent to an activating group) is 1. The number of rotatable bonds is 6. The predicted octanol–water partition coefficient (Wildman–Crippen LogP) is 2.04. The van der Waals surface area contributed by atoms with Crippen LogP contribution in [0.15, 0.2) is 28.8 Å². The molecule has 1 aromatic heterocycles. The van der Waals surface area contributed by atoms with Crippen molar-refractivity contribution in [3.8, 4) is 11.5 Å². The summed E-state index contributed by atoms with van der Waals surface area (Å²) in [5, 5.41) is 3.94. The summed E-state index contributed by atoms with van der Waals surface area (Å²) in [6.07, 6.45) is 0. The number of nitrogens with zero attached hydrogens (tertiary/aromatic N) is 3. The van der Waals surface area contributed by atoms with Crippen LogP contribution < -0.4 is 0 Å². The highest BCUT2D eigenvalue weighted by Crippen LogP contribution is 2.18. The first-order valence-corrected chi connectivity index (χ1v) is 6.82. The molecule has 0 atom stereocenters. The van der Waals surface area contributed by atoms with Gasteiger partial charge in [0.2, 0.25) is 0 Å². The van der Waals surface area contributed by atoms with Crippen LogP contribution in [0.4, 0.5) is 0 Å². The molecule has 2 aromatic rings. The van der Waals surface area contributed by atoms with E-state index in [-0.39, 0.29) is 12.5 Å². The second-order valence-corrected chi connectivity index (χ2v) is 4.86. The zero-order valence-corrected chi connectivity index (χ0v) is 12.5. The van der Waals surface area contributed by atoms with E-state index in [0.29, 0.717) is 24.9 Å². The molecular weight excluding hydrogens is 270 g/mol. The van der Waals surface area contributed by atoms with Crippen molar-refractivity contribution in [2.75, 3.05) is 20.2 Å². The Labute approximate surface area is 123 Å². The zero-order valence-electron chi connectivity index (χ0n) is 12.5. The van der Waals surface area contributed by atoms with E-state index in [1.165, 1.54) is 0 Å². The van der Waals surface area contributed by atoms with Crippen molar-refractivity contribution in [3.05, 3.63) is 35.7 Å². The topological polar surface area (TPSA) is 68.5 Å². The lowest BCUT2D eigenvalue weighted by Crippen LogP contribution is -2.27. The number of carbonyl (C=O) groups excluding carboxylic acids is 1. The minimum Gasteiger partial charge on any atom is -0.465 e. The van der Waals surface area contributed by atoms with Gasteiger partial charge in [0.1, 0.15) is 0 Å². The molecule has 0 amide bonds. The molecule has 0 N–H and O–H groups in total. The highest BCUT2D eigenvalue weighted by molar-refractivity contribution is 5.71. The van der Waals surface area contributed by atoms with Crippen LogP contribution in [-0.4, -0.2) is 41.2 Å². The Morgan fingerprint density at radius 3 is 2.95 bits per heavy atom. The Morgan fingerprint density at radius 1 is 1.43 bits per heavy atom. The van der Waals surface area contributed by atoms with Crippen molar-refractivity contribution in [2.45, 2.75) is 20.4 Å². The molecule has 112 valence electrons.